The van der Waals surface area contributed by atoms with Gasteiger partial charge in [-0.3, -0.25) is 0 Å². The zero-order valence-electron chi connectivity index (χ0n) is 13.0. The fraction of sp³-hybridized carbons (Fsp3) is 0.250. The van der Waals surface area contributed by atoms with Crippen molar-refractivity contribution in [3.05, 3.63) is 42.5 Å². The van der Waals surface area contributed by atoms with E-state index >= 15 is 0 Å². The van der Waals surface area contributed by atoms with Gasteiger partial charge in [0.2, 0.25) is 0 Å². The summed E-state index contributed by atoms with van der Waals surface area (Å²) in [6.07, 6.45) is -9.82. The van der Waals surface area contributed by atoms with Gasteiger partial charge in [0, 0.05) is 18.2 Å². The molecule has 0 unspecified atom stereocenters. The molecule has 0 fully saturated rings. The highest BCUT2D eigenvalue weighted by Crippen LogP contribution is 2.37. The van der Waals surface area contributed by atoms with E-state index in [9.17, 15) is 26.3 Å². The first kappa shape index (κ1) is 19.7. The van der Waals surface area contributed by atoms with Crippen LogP contribution in [0.5, 0.6) is 17.2 Å². The Bertz CT molecular complexity index is 728. The van der Waals surface area contributed by atoms with Gasteiger partial charge in [-0.25, -0.2) is 0 Å². The second-order valence-electron chi connectivity index (χ2n) is 4.92. The average Bonchev–Trinajstić information content (AvgIpc) is 2.51. The van der Waals surface area contributed by atoms with Crippen LogP contribution in [-0.4, -0.2) is 25.9 Å². The predicted octanol–water partition coefficient (Wildman–Crippen LogP) is 4.49. The van der Waals surface area contributed by atoms with E-state index < -0.39 is 24.2 Å². The van der Waals surface area contributed by atoms with Crippen LogP contribution < -0.4 is 19.9 Å². The maximum Gasteiger partial charge on any atom is 0.573 e. The van der Waals surface area contributed by atoms with Gasteiger partial charge in [0.1, 0.15) is 23.9 Å². The van der Waals surface area contributed by atoms with E-state index in [0.717, 1.165) is 18.2 Å². The van der Waals surface area contributed by atoms with Crippen LogP contribution in [0.4, 0.5) is 26.3 Å². The lowest BCUT2D eigenvalue weighted by Gasteiger charge is -2.16. The summed E-state index contributed by atoms with van der Waals surface area (Å²) in [7, 11) is 0. The van der Waals surface area contributed by atoms with E-state index in [-0.39, 0.29) is 30.0 Å². The highest BCUT2D eigenvalue weighted by Gasteiger charge is 2.33. The van der Waals surface area contributed by atoms with E-state index in [0.29, 0.717) is 0 Å². The molecule has 0 aliphatic rings. The van der Waals surface area contributed by atoms with Crippen LogP contribution in [0.2, 0.25) is 0 Å². The minimum atomic E-state index is -4.96. The number of benzene rings is 2. The van der Waals surface area contributed by atoms with Crippen molar-refractivity contribution in [3.63, 3.8) is 0 Å². The summed E-state index contributed by atoms with van der Waals surface area (Å²) < 4.78 is 87.3. The fourth-order valence-corrected chi connectivity index (χ4v) is 2.05. The molecule has 0 aromatic heterocycles. The van der Waals surface area contributed by atoms with Crippen LogP contribution in [0.25, 0.3) is 11.1 Å². The molecule has 0 aliphatic heterocycles. The third-order valence-electron chi connectivity index (χ3n) is 2.96. The van der Waals surface area contributed by atoms with Crippen molar-refractivity contribution in [2.24, 2.45) is 5.73 Å². The highest BCUT2D eigenvalue weighted by atomic mass is 19.4. The summed E-state index contributed by atoms with van der Waals surface area (Å²) in [4.78, 5) is 0. The van der Waals surface area contributed by atoms with Gasteiger partial charge in [-0.2, -0.15) is 0 Å². The summed E-state index contributed by atoms with van der Waals surface area (Å²) >= 11 is 0. The molecule has 2 N–H and O–H groups in total. The molecular formula is C16H13F6NO3. The standard InChI is InChI=1S/C16H13F6NO3/c17-15(18,19)25-11-3-1-10(2-4-11)13-6-5-12(24-8-7-23)9-14(13)26-16(20,21)22/h1-6,9H,7-8,23H2. The van der Waals surface area contributed by atoms with Gasteiger partial charge < -0.3 is 19.9 Å². The molecule has 0 aliphatic carbocycles. The van der Waals surface area contributed by atoms with Crippen LogP contribution in [-0.2, 0) is 0 Å². The Balaban J connectivity index is 2.34. The van der Waals surface area contributed by atoms with Crippen molar-refractivity contribution in [3.8, 4) is 28.4 Å². The van der Waals surface area contributed by atoms with Crippen molar-refractivity contribution in [2.75, 3.05) is 13.2 Å². The topological polar surface area (TPSA) is 53.7 Å². The first-order chi connectivity index (χ1) is 12.1. The number of halogens is 6. The van der Waals surface area contributed by atoms with Gasteiger partial charge in [0.15, 0.2) is 0 Å². The minimum absolute atomic E-state index is 0.0148. The molecule has 2 rings (SSSR count). The van der Waals surface area contributed by atoms with Crippen LogP contribution >= 0.6 is 0 Å². The number of ether oxygens (including phenoxy) is 3. The zero-order valence-corrected chi connectivity index (χ0v) is 13.0. The van der Waals surface area contributed by atoms with E-state index in [4.69, 9.17) is 10.5 Å². The van der Waals surface area contributed by atoms with Crippen molar-refractivity contribution in [1.82, 2.24) is 0 Å². The lowest BCUT2D eigenvalue weighted by atomic mass is 10.0. The van der Waals surface area contributed by atoms with Crippen LogP contribution in [0.15, 0.2) is 42.5 Å². The molecule has 0 radical (unpaired) electrons. The summed E-state index contributed by atoms with van der Waals surface area (Å²) in [6, 6.07) is 8.05. The quantitative estimate of drug-likeness (QED) is 0.750. The molecule has 0 spiro atoms. The summed E-state index contributed by atoms with van der Waals surface area (Å²) in [5, 5.41) is 0. The normalized spacial score (nSPS) is 12.0. The lowest BCUT2D eigenvalue weighted by molar-refractivity contribution is -0.275. The van der Waals surface area contributed by atoms with Crippen molar-refractivity contribution in [2.45, 2.75) is 12.7 Å². The molecule has 0 bridgehead atoms. The second kappa shape index (κ2) is 7.73. The Kier molecular flexibility index (Phi) is 5.86. The van der Waals surface area contributed by atoms with Gasteiger partial charge in [-0.15, -0.1) is 26.3 Å². The second-order valence-corrected chi connectivity index (χ2v) is 4.92. The first-order valence-electron chi connectivity index (χ1n) is 7.16. The largest absolute Gasteiger partial charge is 0.573 e. The Labute approximate surface area is 144 Å². The summed E-state index contributed by atoms with van der Waals surface area (Å²) in [5.74, 6) is -0.950. The van der Waals surface area contributed by atoms with Crippen molar-refractivity contribution in [1.29, 1.82) is 0 Å². The maximum atomic E-state index is 12.6. The van der Waals surface area contributed by atoms with Crippen molar-refractivity contribution >= 4 is 0 Å². The summed E-state index contributed by atoms with van der Waals surface area (Å²) in [5.41, 5.74) is 5.48. The molecule has 0 heterocycles. The Morgan fingerprint density at radius 3 is 1.88 bits per heavy atom. The fourth-order valence-electron chi connectivity index (χ4n) is 2.05. The van der Waals surface area contributed by atoms with Gasteiger partial charge in [-0.1, -0.05) is 12.1 Å². The smallest absolute Gasteiger partial charge is 0.492 e. The first-order valence-corrected chi connectivity index (χ1v) is 7.16. The van der Waals surface area contributed by atoms with E-state index in [1.54, 1.807) is 0 Å². The molecule has 26 heavy (non-hydrogen) atoms. The maximum absolute atomic E-state index is 12.6. The van der Waals surface area contributed by atoms with Crippen LogP contribution in [0, 0.1) is 0 Å². The van der Waals surface area contributed by atoms with Crippen molar-refractivity contribution < 1.29 is 40.6 Å². The predicted molar refractivity (Wildman–Crippen MR) is 79.8 cm³/mol. The van der Waals surface area contributed by atoms with Gasteiger partial charge in [0.25, 0.3) is 0 Å². The third kappa shape index (κ3) is 6.03. The third-order valence-corrected chi connectivity index (χ3v) is 2.96. The highest BCUT2D eigenvalue weighted by molar-refractivity contribution is 5.72. The number of rotatable bonds is 6. The average molecular weight is 381 g/mol. The van der Waals surface area contributed by atoms with Gasteiger partial charge >= 0.3 is 12.7 Å². The number of hydrogen-bond acceptors (Lipinski definition) is 4. The van der Waals surface area contributed by atoms with Crippen LogP contribution in [0.1, 0.15) is 0 Å². The number of nitrogens with two attached hydrogens (primary N) is 1. The molecule has 0 atom stereocenters. The molecule has 0 saturated heterocycles. The Hall–Kier alpha value is -2.62. The van der Waals surface area contributed by atoms with Gasteiger partial charge in [-0.05, 0) is 29.8 Å². The molecule has 2 aromatic rings. The van der Waals surface area contributed by atoms with Gasteiger partial charge in [0.05, 0.1) is 0 Å². The van der Waals surface area contributed by atoms with E-state index in [2.05, 4.69) is 9.47 Å². The lowest BCUT2D eigenvalue weighted by Crippen LogP contribution is -2.18. The molecule has 142 valence electrons. The molecule has 10 heteroatoms. The van der Waals surface area contributed by atoms with E-state index in [1.807, 2.05) is 0 Å². The van der Waals surface area contributed by atoms with Crippen LogP contribution in [0.3, 0.4) is 0 Å². The monoisotopic (exact) mass is 381 g/mol. The SMILES string of the molecule is NCCOc1ccc(-c2ccc(OC(F)(F)F)cc2)c(OC(F)(F)F)c1. The van der Waals surface area contributed by atoms with E-state index in [1.165, 1.54) is 24.3 Å². The minimum Gasteiger partial charge on any atom is -0.492 e. The molecule has 0 amide bonds. The number of hydrogen-bond donors (Lipinski definition) is 1. The zero-order chi connectivity index (χ0) is 19.4. The molecule has 0 saturated carbocycles. The molecular weight excluding hydrogens is 368 g/mol. The number of alkyl halides is 6. The molecule has 2 aromatic carbocycles. The Morgan fingerprint density at radius 2 is 1.35 bits per heavy atom. The Morgan fingerprint density at radius 1 is 0.769 bits per heavy atom. The summed E-state index contributed by atoms with van der Waals surface area (Å²) in [6.45, 7) is 0.256. The molecule has 4 nitrogen and oxygen atoms in total.